The van der Waals surface area contributed by atoms with Gasteiger partial charge in [-0.3, -0.25) is 4.79 Å². The van der Waals surface area contributed by atoms with Gasteiger partial charge >= 0.3 is 0 Å². The molecule has 6 heteroatoms. The van der Waals surface area contributed by atoms with Crippen molar-refractivity contribution >= 4 is 29.9 Å². The average Bonchev–Trinajstić information content (AvgIpc) is 2.55. The molecule has 130 valence electrons. The van der Waals surface area contributed by atoms with Gasteiger partial charge in [0.15, 0.2) is 0 Å². The van der Waals surface area contributed by atoms with E-state index in [0.29, 0.717) is 29.7 Å². The number of hydrogen-bond donors (Lipinski definition) is 1. The third-order valence-electron chi connectivity index (χ3n) is 4.06. The summed E-state index contributed by atoms with van der Waals surface area (Å²) in [4.78, 5) is 14.1. The van der Waals surface area contributed by atoms with Gasteiger partial charge in [-0.05, 0) is 44.0 Å². The van der Waals surface area contributed by atoms with Crippen LogP contribution >= 0.6 is 24.0 Å². The minimum absolute atomic E-state index is 0. The summed E-state index contributed by atoms with van der Waals surface area (Å²) in [6, 6.07) is 7.34. The molecular weight excluding hydrogens is 335 g/mol. The van der Waals surface area contributed by atoms with Crippen LogP contribution in [0.5, 0.6) is 5.75 Å². The normalized spacial score (nSPS) is 15.1. The van der Waals surface area contributed by atoms with Gasteiger partial charge < -0.3 is 15.0 Å². The quantitative estimate of drug-likeness (QED) is 0.810. The van der Waals surface area contributed by atoms with Crippen LogP contribution in [0.4, 0.5) is 0 Å². The van der Waals surface area contributed by atoms with Gasteiger partial charge in [0.2, 0.25) is 5.91 Å². The summed E-state index contributed by atoms with van der Waals surface area (Å²) in [6.45, 7) is 6.30. The number of carbonyl (C=O) groups is 1. The van der Waals surface area contributed by atoms with Crippen LogP contribution in [0.15, 0.2) is 24.3 Å². The Kier molecular flexibility index (Phi) is 9.37. The number of rotatable bonds is 7. The molecular formula is C17H26Cl2N2O2. The lowest BCUT2D eigenvalue weighted by molar-refractivity contribution is -0.133. The number of ether oxygens (including phenoxy) is 1. The number of piperidine rings is 1. The van der Waals surface area contributed by atoms with Crippen molar-refractivity contribution in [1.82, 2.24) is 10.2 Å². The topological polar surface area (TPSA) is 41.6 Å². The first-order valence-corrected chi connectivity index (χ1v) is 8.44. The highest BCUT2D eigenvalue weighted by atomic mass is 35.5. The maximum absolute atomic E-state index is 12.2. The molecule has 1 saturated heterocycles. The Morgan fingerprint density at radius 2 is 2.04 bits per heavy atom. The van der Waals surface area contributed by atoms with Gasteiger partial charge in [0.1, 0.15) is 5.75 Å². The number of hydrogen-bond acceptors (Lipinski definition) is 3. The molecule has 0 spiro atoms. The van der Waals surface area contributed by atoms with E-state index >= 15 is 0 Å². The van der Waals surface area contributed by atoms with Crippen LogP contribution in [0, 0.1) is 5.92 Å². The van der Waals surface area contributed by atoms with Crippen LogP contribution in [0.25, 0.3) is 0 Å². The Morgan fingerprint density at radius 1 is 1.35 bits per heavy atom. The van der Waals surface area contributed by atoms with Gasteiger partial charge in [-0.2, -0.15) is 0 Å². The van der Waals surface area contributed by atoms with Crippen molar-refractivity contribution in [1.29, 1.82) is 0 Å². The Balaban J connectivity index is 0.00000264. The molecule has 0 saturated carbocycles. The molecule has 0 aromatic heterocycles. The summed E-state index contributed by atoms with van der Waals surface area (Å²) in [7, 11) is 0. The third-order valence-corrected chi connectivity index (χ3v) is 4.37. The lowest BCUT2D eigenvalue weighted by Crippen LogP contribution is -2.41. The van der Waals surface area contributed by atoms with E-state index in [0.717, 1.165) is 39.0 Å². The maximum atomic E-state index is 12.2. The number of nitrogens with zero attached hydrogens (tertiary/aromatic N) is 1. The average molecular weight is 361 g/mol. The minimum atomic E-state index is 0. The first-order chi connectivity index (χ1) is 10.7. The molecule has 1 amide bonds. The van der Waals surface area contributed by atoms with E-state index in [2.05, 4.69) is 12.2 Å². The summed E-state index contributed by atoms with van der Waals surface area (Å²) in [5.41, 5.74) is 0. The van der Waals surface area contributed by atoms with Crippen molar-refractivity contribution in [3.05, 3.63) is 29.3 Å². The van der Waals surface area contributed by atoms with E-state index in [4.69, 9.17) is 16.3 Å². The molecule has 1 N–H and O–H groups in total. The van der Waals surface area contributed by atoms with Crippen LogP contribution in [0.3, 0.4) is 0 Å². The molecule has 1 aromatic rings. The fourth-order valence-electron chi connectivity index (χ4n) is 2.70. The highest BCUT2D eigenvalue weighted by molar-refractivity contribution is 6.32. The predicted molar refractivity (Wildman–Crippen MR) is 96.7 cm³/mol. The smallest absolute Gasteiger partial charge is 0.225 e. The summed E-state index contributed by atoms with van der Waals surface area (Å²) in [5, 5.41) is 3.97. The van der Waals surface area contributed by atoms with Crippen molar-refractivity contribution in [2.45, 2.75) is 26.2 Å². The minimum Gasteiger partial charge on any atom is -0.491 e. The van der Waals surface area contributed by atoms with Gasteiger partial charge in [0.05, 0.1) is 18.1 Å². The van der Waals surface area contributed by atoms with Crippen LogP contribution in [-0.2, 0) is 4.79 Å². The number of benzene rings is 1. The van der Waals surface area contributed by atoms with Gasteiger partial charge in [0, 0.05) is 13.1 Å². The summed E-state index contributed by atoms with van der Waals surface area (Å²) < 4.78 is 5.58. The highest BCUT2D eigenvalue weighted by Gasteiger charge is 2.22. The van der Waals surface area contributed by atoms with E-state index in [9.17, 15) is 4.79 Å². The van der Waals surface area contributed by atoms with Crippen molar-refractivity contribution in [3.63, 3.8) is 0 Å². The van der Waals surface area contributed by atoms with Gasteiger partial charge in [-0.25, -0.2) is 0 Å². The monoisotopic (exact) mass is 360 g/mol. The Morgan fingerprint density at radius 3 is 2.70 bits per heavy atom. The summed E-state index contributed by atoms with van der Waals surface area (Å²) in [6.07, 6.45) is 2.58. The number of para-hydroxylation sites is 1. The lowest BCUT2D eigenvalue weighted by atomic mass is 9.96. The molecule has 1 aromatic carbocycles. The second-order valence-electron chi connectivity index (χ2n) is 5.66. The second-order valence-corrected chi connectivity index (χ2v) is 6.07. The molecule has 1 fully saturated rings. The van der Waals surface area contributed by atoms with E-state index in [1.54, 1.807) is 6.07 Å². The molecule has 23 heavy (non-hydrogen) atoms. The summed E-state index contributed by atoms with van der Waals surface area (Å²) in [5.74, 6) is 1.51. The Bertz CT molecular complexity index is 477. The number of carbonyl (C=O) groups excluding carboxylic acids is 1. The molecule has 1 aliphatic heterocycles. The predicted octanol–water partition coefficient (Wildman–Crippen LogP) is 3.38. The zero-order valence-corrected chi connectivity index (χ0v) is 15.2. The van der Waals surface area contributed by atoms with Crippen molar-refractivity contribution in [2.75, 3.05) is 32.8 Å². The maximum Gasteiger partial charge on any atom is 0.225 e. The van der Waals surface area contributed by atoms with Crippen LogP contribution in [-0.4, -0.2) is 43.6 Å². The largest absolute Gasteiger partial charge is 0.491 e. The molecule has 0 unspecified atom stereocenters. The van der Waals surface area contributed by atoms with Crippen LogP contribution < -0.4 is 10.1 Å². The van der Waals surface area contributed by atoms with Crippen molar-refractivity contribution in [3.8, 4) is 5.75 Å². The van der Waals surface area contributed by atoms with Gasteiger partial charge in [0.25, 0.3) is 0 Å². The van der Waals surface area contributed by atoms with Gasteiger partial charge in [-0.1, -0.05) is 30.7 Å². The van der Waals surface area contributed by atoms with Crippen LogP contribution in [0.1, 0.15) is 26.2 Å². The molecule has 2 rings (SSSR count). The van der Waals surface area contributed by atoms with E-state index in [1.807, 2.05) is 23.1 Å². The van der Waals surface area contributed by atoms with Crippen molar-refractivity contribution < 1.29 is 9.53 Å². The SMILES string of the molecule is CCNCC1CCN(C(=O)CCOc2ccccc2Cl)CC1.Cl. The molecule has 0 aliphatic carbocycles. The zero-order valence-electron chi connectivity index (χ0n) is 13.6. The fourth-order valence-corrected chi connectivity index (χ4v) is 2.89. The first-order valence-electron chi connectivity index (χ1n) is 8.06. The number of likely N-dealkylation sites (tertiary alicyclic amines) is 1. The summed E-state index contributed by atoms with van der Waals surface area (Å²) >= 11 is 6.02. The Hall–Kier alpha value is -0.970. The standard InChI is InChI=1S/C17H25ClN2O2.ClH/c1-2-19-13-14-7-10-20(11-8-14)17(21)9-12-22-16-6-4-3-5-15(16)18;/h3-6,14,19H,2,7-13H2,1H3;1H. The first kappa shape index (κ1) is 20.1. The molecule has 1 heterocycles. The third kappa shape index (κ3) is 6.58. The molecule has 0 atom stereocenters. The number of halogens is 2. The highest BCUT2D eigenvalue weighted by Crippen LogP contribution is 2.23. The molecule has 0 radical (unpaired) electrons. The van der Waals surface area contributed by atoms with Crippen molar-refractivity contribution in [2.24, 2.45) is 5.92 Å². The fraction of sp³-hybridized carbons (Fsp3) is 0.588. The number of nitrogens with one attached hydrogen (secondary N) is 1. The van der Waals surface area contributed by atoms with E-state index in [1.165, 1.54) is 0 Å². The molecule has 4 nitrogen and oxygen atoms in total. The van der Waals surface area contributed by atoms with E-state index in [-0.39, 0.29) is 18.3 Å². The second kappa shape index (κ2) is 10.7. The van der Waals surface area contributed by atoms with E-state index < -0.39 is 0 Å². The Labute approximate surface area is 149 Å². The zero-order chi connectivity index (χ0) is 15.8. The lowest BCUT2D eigenvalue weighted by Gasteiger charge is -2.32. The van der Waals surface area contributed by atoms with Crippen LogP contribution in [0.2, 0.25) is 5.02 Å². The molecule has 1 aliphatic rings. The number of amides is 1. The van der Waals surface area contributed by atoms with Gasteiger partial charge in [-0.15, -0.1) is 12.4 Å². The molecule has 0 bridgehead atoms.